The molecule has 2 aromatic rings. The molecule has 1 aromatic heterocycles. The van der Waals surface area contributed by atoms with Gasteiger partial charge in [-0.2, -0.15) is 0 Å². The monoisotopic (exact) mass is 324 g/mol. The Morgan fingerprint density at radius 2 is 2.08 bits per heavy atom. The quantitative estimate of drug-likeness (QED) is 0.876. The molecule has 1 N–H and O–H groups in total. The maximum absolute atomic E-state index is 12.1. The lowest BCUT2D eigenvalue weighted by atomic mass is 10.1. The third kappa shape index (κ3) is 3.77. The van der Waals surface area contributed by atoms with E-state index in [0.29, 0.717) is 6.61 Å². The van der Waals surface area contributed by atoms with Gasteiger partial charge in [0.2, 0.25) is 5.91 Å². The van der Waals surface area contributed by atoms with Crippen molar-refractivity contribution >= 4 is 12.0 Å². The number of ether oxygens (including phenoxy) is 1. The number of nitrogens with one attached hydrogen (secondary N) is 1. The highest BCUT2D eigenvalue weighted by molar-refractivity contribution is 5.92. The van der Waals surface area contributed by atoms with Crippen molar-refractivity contribution in [1.82, 2.24) is 9.88 Å². The van der Waals surface area contributed by atoms with Crippen LogP contribution in [0.15, 0.2) is 42.5 Å². The zero-order valence-corrected chi connectivity index (χ0v) is 14.3. The van der Waals surface area contributed by atoms with Crippen LogP contribution in [0.2, 0.25) is 0 Å². The lowest BCUT2D eigenvalue weighted by Gasteiger charge is -2.22. The van der Waals surface area contributed by atoms with E-state index in [1.807, 2.05) is 24.3 Å². The number of rotatable bonds is 4. The number of hydrogen-bond donors (Lipinski definition) is 1. The van der Waals surface area contributed by atoms with E-state index >= 15 is 0 Å². The van der Waals surface area contributed by atoms with Gasteiger partial charge in [-0.15, -0.1) is 0 Å². The van der Waals surface area contributed by atoms with E-state index < -0.39 is 0 Å². The van der Waals surface area contributed by atoms with Crippen molar-refractivity contribution in [3.8, 4) is 5.69 Å². The predicted octanol–water partition coefficient (Wildman–Crippen LogP) is 3.40. The minimum atomic E-state index is -0.0602. The van der Waals surface area contributed by atoms with E-state index in [1.165, 1.54) is 0 Å². The summed E-state index contributed by atoms with van der Waals surface area (Å²) in [5, 5.41) is 3.00. The highest BCUT2D eigenvalue weighted by Crippen LogP contribution is 2.21. The Labute approximate surface area is 143 Å². The summed E-state index contributed by atoms with van der Waals surface area (Å²) in [5.74, 6) is -0.0602. The molecule has 1 fully saturated rings. The Morgan fingerprint density at radius 1 is 1.29 bits per heavy atom. The van der Waals surface area contributed by atoms with Crippen LogP contribution in [-0.4, -0.2) is 29.7 Å². The summed E-state index contributed by atoms with van der Waals surface area (Å²) in [4.78, 5) is 12.1. The van der Waals surface area contributed by atoms with Crippen LogP contribution in [-0.2, 0) is 9.53 Å². The summed E-state index contributed by atoms with van der Waals surface area (Å²) in [6.45, 7) is 5.57. The van der Waals surface area contributed by atoms with Gasteiger partial charge in [0.05, 0.1) is 12.6 Å². The first-order valence-corrected chi connectivity index (χ1v) is 8.46. The summed E-state index contributed by atoms with van der Waals surface area (Å²) < 4.78 is 7.59. The van der Waals surface area contributed by atoms with E-state index in [0.717, 1.165) is 42.1 Å². The third-order valence-electron chi connectivity index (χ3n) is 4.41. The largest absolute Gasteiger partial charge is 0.379 e. The van der Waals surface area contributed by atoms with Crippen molar-refractivity contribution in [3.05, 3.63) is 59.4 Å². The number of benzene rings is 1. The van der Waals surface area contributed by atoms with Gasteiger partial charge in [0.15, 0.2) is 0 Å². The number of carbonyl (C=O) groups is 1. The number of hydrogen-bond acceptors (Lipinski definition) is 2. The predicted molar refractivity (Wildman–Crippen MR) is 96.3 cm³/mol. The molecule has 126 valence electrons. The third-order valence-corrected chi connectivity index (χ3v) is 4.41. The molecular formula is C20H24N2O2. The molecule has 1 saturated heterocycles. The fourth-order valence-electron chi connectivity index (χ4n) is 3.20. The molecular weight excluding hydrogens is 300 g/mol. The molecule has 1 aliphatic heterocycles. The van der Waals surface area contributed by atoms with E-state index in [4.69, 9.17) is 4.74 Å². The highest BCUT2D eigenvalue weighted by Gasteiger charge is 2.15. The maximum Gasteiger partial charge on any atom is 0.244 e. The molecule has 24 heavy (non-hydrogen) atoms. The molecule has 0 aliphatic carbocycles. The smallest absolute Gasteiger partial charge is 0.244 e. The lowest BCUT2D eigenvalue weighted by molar-refractivity contribution is -0.118. The summed E-state index contributed by atoms with van der Waals surface area (Å²) >= 11 is 0. The average Bonchev–Trinajstić information content (AvgIpc) is 2.88. The number of carbonyl (C=O) groups excluding carboxylic acids is 1. The first kappa shape index (κ1) is 16.5. The fourth-order valence-corrected chi connectivity index (χ4v) is 3.20. The first-order valence-electron chi connectivity index (χ1n) is 8.46. The Hall–Kier alpha value is -2.33. The summed E-state index contributed by atoms with van der Waals surface area (Å²) in [7, 11) is 0. The van der Waals surface area contributed by atoms with E-state index in [9.17, 15) is 4.79 Å². The van der Waals surface area contributed by atoms with Crippen molar-refractivity contribution in [2.75, 3.05) is 13.2 Å². The molecule has 1 unspecified atom stereocenters. The van der Waals surface area contributed by atoms with E-state index in [2.05, 4.69) is 41.9 Å². The Kier molecular flexibility index (Phi) is 5.16. The van der Waals surface area contributed by atoms with Gasteiger partial charge < -0.3 is 14.6 Å². The van der Waals surface area contributed by atoms with Crippen LogP contribution >= 0.6 is 0 Å². The van der Waals surface area contributed by atoms with Crippen molar-refractivity contribution in [2.24, 2.45) is 0 Å². The molecule has 0 spiro atoms. The van der Waals surface area contributed by atoms with Crippen molar-refractivity contribution < 1.29 is 9.53 Å². The molecule has 3 rings (SSSR count). The molecule has 4 heteroatoms. The van der Waals surface area contributed by atoms with Crippen LogP contribution in [0.1, 0.15) is 29.8 Å². The normalized spacial score (nSPS) is 18.0. The fraction of sp³-hybridized carbons (Fsp3) is 0.350. The number of aromatic nitrogens is 1. The Morgan fingerprint density at radius 3 is 2.79 bits per heavy atom. The van der Waals surface area contributed by atoms with Crippen LogP contribution < -0.4 is 5.32 Å². The molecule has 1 aliphatic rings. The van der Waals surface area contributed by atoms with Gasteiger partial charge in [-0.3, -0.25) is 4.79 Å². The highest BCUT2D eigenvalue weighted by atomic mass is 16.5. The lowest BCUT2D eigenvalue weighted by Crippen LogP contribution is -2.39. The second-order valence-electron chi connectivity index (χ2n) is 6.25. The van der Waals surface area contributed by atoms with Crippen LogP contribution in [0.4, 0.5) is 0 Å². The molecule has 1 aromatic carbocycles. The first-order chi connectivity index (χ1) is 11.6. The van der Waals surface area contributed by atoms with Gasteiger partial charge in [-0.05, 0) is 56.5 Å². The van der Waals surface area contributed by atoms with Crippen LogP contribution in [0.3, 0.4) is 0 Å². The molecule has 4 nitrogen and oxygen atoms in total. The van der Waals surface area contributed by atoms with Crippen LogP contribution in [0, 0.1) is 13.8 Å². The number of aryl methyl sites for hydroxylation is 1. The Balaban J connectivity index is 1.72. The minimum absolute atomic E-state index is 0.0602. The molecule has 0 saturated carbocycles. The van der Waals surface area contributed by atoms with Crippen molar-refractivity contribution in [1.29, 1.82) is 0 Å². The topological polar surface area (TPSA) is 43.3 Å². The summed E-state index contributed by atoms with van der Waals surface area (Å²) in [6, 6.07) is 12.5. The average molecular weight is 324 g/mol. The number of nitrogens with zero attached hydrogens (tertiary/aromatic N) is 1. The van der Waals surface area contributed by atoms with E-state index in [1.54, 1.807) is 6.08 Å². The second kappa shape index (κ2) is 7.49. The summed E-state index contributed by atoms with van der Waals surface area (Å²) in [6.07, 6.45) is 5.50. The Bertz CT molecular complexity index is 726. The van der Waals surface area contributed by atoms with Crippen LogP contribution in [0.5, 0.6) is 0 Å². The molecule has 0 radical (unpaired) electrons. The molecule has 1 amide bonds. The van der Waals surface area contributed by atoms with Gasteiger partial charge in [0.1, 0.15) is 0 Å². The van der Waals surface area contributed by atoms with E-state index in [-0.39, 0.29) is 11.9 Å². The zero-order chi connectivity index (χ0) is 16.9. The van der Waals surface area contributed by atoms with Crippen LogP contribution in [0.25, 0.3) is 11.8 Å². The van der Waals surface area contributed by atoms with Gasteiger partial charge in [-0.25, -0.2) is 0 Å². The van der Waals surface area contributed by atoms with Gasteiger partial charge >= 0.3 is 0 Å². The summed E-state index contributed by atoms with van der Waals surface area (Å²) in [5.41, 5.74) is 4.48. The molecule has 2 heterocycles. The van der Waals surface area contributed by atoms with Gasteiger partial charge in [0, 0.05) is 29.8 Å². The maximum atomic E-state index is 12.1. The SMILES string of the molecule is Cc1cc(/C=C/C(=O)NC2CCCOC2)c(C)n1-c1ccccc1. The van der Waals surface area contributed by atoms with Crippen molar-refractivity contribution in [2.45, 2.75) is 32.7 Å². The number of amides is 1. The van der Waals surface area contributed by atoms with Crippen molar-refractivity contribution in [3.63, 3.8) is 0 Å². The second-order valence-corrected chi connectivity index (χ2v) is 6.25. The zero-order valence-electron chi connectivity index (χ0n) is 14.3. The van der Waals surface area contributed by atoms with Gasteiger partial charge in [-0.1, -0.05) is 18.2 Å². The van der Waals surface area contributed by atoms with Gasteiger partial charge in [0.25, 0.3) is 0 Å². The minimum Gasteiger partial charge on any atom is -0.379 e. The molecule has 1 atom stereocenters. The molecule has 0 bridgehead atoms. The standard InChI is InChI=1S/C20H24N2O2/c1-15-13-17(16(2)22(15)19-8-4-3-5-9-19)10-11-20(23)21-18-7-6-12-24-14-18/h3-5,8-11,13,18H,6-7,12,14H2,1-2H3,(H,21,23)/b11-10+. The number of para-hydroxylation sites is 1.